The maximum atomic E-state index is 13.9. The molecule has 0 radical (unpaired) electrons. The van der Waals surface area contributed by atoms with E-state index in [0.717, 1.165) is 0 Å². The number of hydrogen-bond acceptors (Lipinski definition) is 9. The molecule has 0 spiro atoms. The number of Topliss-reactive ketones (excluding diaryl/α,β-unsaturated/α-hetero) is 3. The summed E-state index contributed by atoms with van der Waals surface area (Å²) in [6.45, 7) is 4.26. The SMILES string of the molecule is C[C@H](CCC(=O)OCC(=O)OC(C(F)(F)F)C(F)(F)S(=O)(=O)O)[C@H]1CC[C@H]2[C@@H]3C(=O)CC4CC(=O)CC[C@]4(C)[C@H]3CC(=O)[C@]12C. The van der Waals surface area contributed by atoms with Gasteiger partial charge in [0.1, 0.15) is 17.3 Å². The molecular weight excluding hydrogens is 635 g/mol. The molecule has 9 atom stereocenters. The summed E-state index contributed by atoms with van der Waals surface area (Å²) >= 11 is 0. The Morgan fingerprint density at radius 3 is 2.24 bits per heavy atom. The highest BCUT2D eigenvalue weighted by atomic mass is 32.2. The van der Waals surface area contributed by atoms with Crippen LogP contribution in [0.2, 0.25) is 0 Å². The fourth-order valence-electron chi connectivity index (χ4n) is 8.77. The third-order valence-corrected chi connectivity index (χ3v) is 12.2. The highest BCUT2D eigenvalue weighted by Gasteiger charge is 2.67. The summed E-state index contributed by atoms with van der Waals surface area (Å²) in [5.41, 5.74) is -1.11. The number of alkyl halides is 5. The first-order valence-electron chi connectivity index (χ1n) is 14.9. The first-order valence-corrected chi connectivity index (χ1v) is 16.3. The Morgan fingerprint density at radius 2 is 1.64 bits per heavy atom. The second-order valence-corrected chi connectivity index (χ2v) is 15.1. The van der Waals surface area contributed by atoms with Gasteiger partial charge in [0.15, 0.2) is 6.61 Å². The summed E-state index contributed by atoms with van der Waals surface area (Å²) in [5, 5.41) is -5.91. The number of carbonyl (C=O) groups is 5. The lowest BCUT2D eigenvalue weighted by molar-refractivity contribution is -0.260. The second-order valence-electron chi connectivity index (χ2n) is 13.6. The highest BCUT2D eigenvalue weighted by Crippen LogP contribution is 2.66. The second kappa shape index (κ2) is 11.9. The van der Waals surface area contributed by atoms with E-state index in [-0.39, 0.29) is 77.5 Å². The quantitative estimate of drug-likeness (QED) is 0.210. The molecule has 4 fully saturated rings. The van der Waals surface area contributed by atoms with Crippen molar-refractivity contribution in [1.29, 1.82) is 0 Å². The molecule has 254 valence electrons. The van der Waals surface area contributed by atoms with Crippen LogP contribution < -0.4 is 0 Å². The molecule has 0 aromatic carbocycles. The van der Waals surface area contributed by atoms with Crippen LogP contribution in [0.5, 0.6) is 0 Å². The summed E-state index contributed by atoms with van der Waals surface area (Å²) in [5.74, 6) is -4.07. The number of ketones is 3. The lowest BCUT2D eigenvalue weighted by Gasteiger charge is -2.58. The standard InChI is InChI=1S/C29H37F5O10S/c1-14(4-7-22(38)43-13-23(39)44-25(28(30,31)32)29(33,34)45(40,41)42)17-5-6-18-24-19(12-21(37)27(17,18)3)26(2)9-8-16(35)10-15(26)11-20(24)36/h14-15,17-19,24-25H,4-13H2,1-3H3,(H,40,41,42)/t14-,15?,17-,18+,19+,24+,25?,26+,27-/m1/s1. The maximum Gasteiger partial charge on any atom is 0.432 e. The van der Waals surface area contributed by atoms with Gasteiger partial charge in [-0.25, -0.2) is 4.79 Å². The summed E-state index contributed by atoms with van der Waals surface area (Å²) in [7, 11) is -6.62. The topological polar surface area (TPSA) is 158 Å². The third-order valence-electron chi connectivity index (χ3n) is 11.3. The van der Waals surface area contributed by atoms with Gasteiger partial charge in [-0.1, -0.05) is 20.8 Å². The van der Waals surface area contributed by atoms with E-state index in [2.05, 4.69) is 16.4 Å². The van der Waals surface area contributed by atoms with Crippen LogP contribution in [0.15, 0.2) is 0 Å². The van der Waals surface area contributed by atoms with E-state index in [4.69, 9.17) is 4.55 Å². The molecule has 45 heavy (non-hydrogen) atoms. The number of rotatable bonds is 9. The van der Waals surface area contributed by atoms with Crippen molar-refractivity contribution >= 4 is 39.4 Å². The first kappa shape index (κ1) is 35.4. The lowest BCUT2D eigenvalue weighted by Crippen LogP contribution is -2.60. The Balaban J connectivity index is 1.36. The largest absolute Gasteiger partial charge is 0.454 e. The predicted molar refractivity (Wildman–Crippen MR) is 143 cm³/mol. The minimum atomic E-state index is -6.62. The van der Waals surface area contributed by atoms with Gasteiger partial charge in [-0.15, -0.1) is 0 Å². The molecule has 0 bridgehead atoms. The number of carbonyl (C=O) groups excluding carboxylic acids is 5. The van der Waals surface area contributed by atoms with Gasteiger partial charge in [-0.2, -0.15) is 30.4 Å². The summed E-state index contributed by atoms with van der Waals surface area (Å²) in [4.78, 5) is 63.5. The Hall–Kier alpha value is -2.49. The van der Waals surface area contributed by atoms with Crippen LogP contribution in [0.25, 0.3) is 0 Å². The van der Waals surface area contributed by atoms with E-state index in [1.165, 1.54) is 0 Å². The number of halogens is 5. The van der Waals surface area contributed by atoms with Crippen molar-refractivity contribution < 1.29 is 68.4 Å². The molecule has 4 aliphatic carbocycles. The van der Waals surface area contributed by atoms with Gasteiger partial charge in [0.2, 0.25) is 0 Å². The van der Waals surface area contributed by atoms with E-state index in [0.29, 0.717) is 38.5 Å². The van der Waals surface area contributed by atoms with Gasteiger partial charge in [-0.3, -0.25) is 23.7 Å². The van der Waals surface area contributed by atoms with Crippen LogP contribution in [0.1, 0.15) is 78.6 Å². The molecule has 4 aliphatic rings. The number of fused-ring (bicyclic) bond motifs is 5. The molecule has 0 aromatic heterocycles. The molecule has 2 unspecified atom stereocenters. The Morgan fingerprint density at radius 1 is 1.00 bits per heavy atom. The van der Waals surface area contributed by atoms with Gasteiger partial charge < -0.3 is 9.47 Å². The van der Waals surface area contributed by atoms with Crippen molar-refractivity contribution in [2.24, 2.45) is 46.3 Å². The molecule has 10 nitrogen and oxygen atoms in total. The average Bonchev–Trinajstić information content (AvgIpc) is 3.27. The Kier molecular flexibility index (Phi) is 9.39. The van der Waals surface area contributed by atoms with E-state index in [1.807, 2.05) is 13.8 Å². The number of hydrogen-bond donors (Lipinski definition) is 1. The van der Waals surface area contributed by atoms with Gasteiger partial charge in [0.25, 0.3) is 6.10 Å². The summed E-state index contributed by atoms with van der Waals surface area (Å²) in [6, 6.07) is 0. The molecular formula is C29H37F5O10S. The molecule has 0 saturated heterocycles. The summed E-state index contributed by atoms with van der Waals surface area (Å²) < 4.78 is 104. The average molecular weight is 673 g/mol. The molecule has 16 heteroatoms. The summed E-state index contributed by atoms with van der Waals surface area (Å²) in [6.07, 6.45) is -7.59. The van der Waals surface area contributed by atoms with Gasteiger partial charge >= 0.3 is 33.5 Å². The lowest BCUT2D eigenvalue weighted by atomic mass is 9.44. The van der Waals surface area contributed by atoms with Gasteiger partial charge in [-0.05, 0) is 60.7 Å². The predicted octanol–water partition coefficient (Wildman–Crippen LogP) is 4.49. The van der Waals surface area contributed by atoms with Gasteiger partial charge in [0.05, 0.1) is 0 Å². The zero-order valence-electron chi connectivity index (χ0n) is 25.0. The van der Waals surface area contributed by atoms with Crippen molar-refractivity contribution in [2.75, 3.05) is 6.61 Å². The van der Waals surface area contributed by atoms with Crippen molar-refractivity contribution in [3.63, 3.8) is 0 Å². The fraction of sp³-hybridized carbons (Fsp3) is 0.828. The van der Waals surface area contributed by atoms with Crippen LogP contribution in [-0.4, -0.2) is 66.4 Å². The Labute approximate surface area is 256 Å². The monoisotopic (exact) mass is 672 g/mol. The van der Waals surface area contributed by atoms with Crippen molar-refractivity contribution in [3.05, 3.63) is 0 Å². The molecule has 0 aromatic rings. The van der Waals surface area contributed by atoms with E-state index in [1.54, 1.807) is 0 Å². The molecule has 4 rings (SSSR count). The van der Waals surface area contributed by atoms with E-state index >= 15 is 0 Å². The molecule has 4 saturated carbocycles. The third kappa shape index (κ3) is 6.29. The highest BCUT2D eigenvalue weighted by molar-refractivity contribution is 7.86. The van der Waals surface area contributed by atoms with Crippen LogP contribution in [0.3, 0.4) is 0 Å². The van der Waals surface area contributed by atoms with E-state index < -0.39 is 51.6 Å². The number of esters is 2. The molecule has 0 aliphatic heterocycles. The smallest absolute Gasteiger partial charge is 0.432 e. The minimum absolute atomic E-state index is 0.0425. The van der Waals surface area contributed by atoms with Crippen molar-refractivity contribution in [2.45, 2.75) is 96.1 Å². The molecule has 0 amide bonds. The van der Waals surface area contributed by atoms with Crippen LogP contribution >= 0.6 is 0 Å². The number of ether oxygens (including phenoxy) is 2. The van der Waals surface area contributed by atoms with Crippen LogP contribution in [-0.2, 0) is 43.6 Å². The van der Waals surface area contributed by atoms with Crippen molar-refractivity contribution in [3.8, 4) is 0 Å². The Bertz CT molecular complexity index is 1360. The fourth-order valence-corrected chi connectivity index (χ4v) is 9.23. The van der Waals surface area contributed by atoms with Crippen molar-refractivity contribution in [1.82, 2.24) is 0 Å². The normalized spacial score (nSPS) is 35.1. The zero-order chi connectivity index (χ0) is 33.9. The van der Waals surface area contributed by atoms with Gasteiger partial charge in [0, 0.05) is 43.4 Å². The maximum absolute atomic E-state index is 13.9. The molecule has 1 N–H and O–H groups in total. The van der Waals surface area contributed by atoms with E-state index in [9.17, 15) is 54.3 Å². The van der Waals surface area contributed by atoms with Crippen LogP contribution in [0.4, 0.5) is 22.0 Å². The molecule has 0 heterocycles. The zero-order valence-corrected chi connectivity index (χ0v) is 25.8. The minimum Gasteiger partial charge on any atom is -0.454 e. The first-order chi connectivity index (χ1) is 20.5. The van der Waals surface area contributed by atoms with Crippen LogP contribution in [0, 0.1) is 46.3 Å².